The first kappa shape index (κ1) is 17.6. The van der Waals surface area contributed by atoms with E-state index < -0.39 is 23.4 Å². The number of carbonyl (C=O) groups is 2. The number of aryl methyl sites for hydroxylation is 1. The van der Waals surface area contributed by atoms with Crippen LogP contribution in [0.15, 0.2) is 42.5 Å². The first-order valence-electron chi connectivity index (χ1n) is 7.53. The summed E-state index contributed by atoms with van der Waals surface area (Å²) in [6, 6.07) is 10.4. The first-order chi connectivity index (χ1) is 11.4. The second-order valence-corrected chi connectivity index (χ2v) is 5.26. The van der Waals surface area contributed by atoms with Crippen molar-refractivity contribution in [1.82, 2.24) is 0 Å². The molecule has 2 amide bonds. The number of amides is 2. The molecule has 0 radical (unpaired) electrons. The number of benzene rings is 2. The molecule has 2 aromatic carbocycles. The zero-order valence-electron chi connectivity index (χ0n) is 13.5. The third-order valence-electron chi connectivity index (χ3n) is 3.57. The molecule has 0 fully saturated rings. The van der Waals surface area contributed by atoms with E-state index in [-0.39, 0.29) is 12.2 Å². The van der Waals surface area contributed by atoms with Crippen molar-refractivity contribution in [2.24, 2.45) is 0 Å². The molecule has 24 heavy (non-hydrogen) atoms. The highest BCUT2D eigenvalue weighted by molar-refractivity contribution is 6.02. The van der Waals surface area contributed by atoms with Gasteiger partial charge in [-0.15, -0.1) is 0 Å². The summed E-state index contributed by atoms with van der Waals surface area (Å²) in [7, 11) is 0. The number of para-hydroxylation sites is 1. The fraction of sp³-hybridized carbons (Fsp3) is 0.222. The fourth-order valence-electron chi connectivity index (χ4n) is 2.32. The molecule has 126 valence electrons. The van der Waals surface area contributed by atoms with Gasteiger partial charge in [0.05, 0.1) is 0 Å². The average molecular weight is 332 g/mol. The van der Waals surface area contributed by atoms with Crippen LogP contribution in [0.25, 0.3) is 0 Å². The summed E-state index contributed by atoms with van der Waals surface area (Å²) >= 11 is 0. The van der Waals surface area contributed by atoms with E-state index in [0.717, 1.165) is 29.0 Å². The van der Waals surface area contributed by atoms with E-state index >= 15 is 0 Å². The monoisotopic (exact) mass is 332 g/mol. The third kappa shape index (κ3) is 4.16. The second kappa shape index (κ2) is 7.68. The van der Waals surface area contributed by atoms with Crippen LogP contribution < -0.4 is 10.2 Å². The maximum atomic E-state index is 13.4. The largest absolute Gasteiger partial charge is 0.324 e. The molecule has 4 nitrogen and oxygen atoms in total. The van der Waals surface area contributed by atoms with Crippen molar-refractivity contribution in [2.75, 3.05) is 16.8 Å². The Morgan fingerprint density at radius 3 is 2.42 bits per heavy atom. The van der Waals surface area contributed by atoms with Crippen molar-refractivity contribution >= 4 is 23.2 Å². The van der Waals surface area contributed by atoms with Crippen LogP contribution in [0.3, 0.4) is 0 Å². The highest BCUT2D eigenvalue weighted by Crippen LogP contribution is 2.19. The van der Waals surface area contributed by atoms with Gasteiger partial charge in [-0.1, -0.05) is 25.1 Å². The number of hydrogen-bond donors (Lipinski definition) is 1. The minimum absolute atomic E-state index is 0.125. The quantitative estimate of drug-likeness (QED) is 0.911. The molecule has 0 atom stereocenters. The average Bonchev–Trinajstić information content (AvgIpc) is 2.55. The number of rotatable bonds is 5. The van der Waals surface area contributed by atoms with E-state index in [9.17, 15) is 18.4 Å². The summed E-state index contributed by atoms with van der Waals surface area (Å²) in [6.07, 6.45) is 0.746. The van der Waals surface area contributed by atoms with E-state index in [1.807, 2.05) is 19.1 Å². The van der Waals surface area contributed by atoms with E-state index in [4.69, 9.17) is 0 Å². The summed E-state index contributed by atoms with van der Waals surface area (Å²) in [5.74, 6) is -2.95. The van der Waals surface area contributed by atoms with E-state index in [2.05, 4.69) is 5.32 Å². The lowest BCUT2D eigenvalue weighted by atomic mass is 10.1. The number of carbonyl (C=O) groups excluding carboxylic acids is 2. The van der Waals surface area contributed by atoms with Gasteiger partial charge in [0.25, 0.3) is 0 Å². The van der Waals surface area contributed by atoms with Crippen LogP contribution in [-0.2, 0) is 16.0 Å². The van der Waals surface area contributed by atoms with Gasteiger partial charge >= 0.3 is 0 Å². The molecule has 0 aliphatic heterocycles. The minimum atomic E-state index is -1.07. The number of halogens is 2. The van der Waals surface area contributed by atoms with Crippen LogP contribution in [-0.4, -0.2) is 18.4 Å². The Kier molecular flexibility index (Phi) is 5.63. The van der Waals surface area contributed by atoms with Gasteiger partial charge in [0, 0.05) is 24.4 Å². The normalized spacial score (nSPS) is 10.3. The lowest BCUT2D eigenvalue weighted by Crippen LogP contribution is -2.36. The summed E-state index contributed by atoms with van der Waals surface area (Å²) in [5, 5.41) is 2.74. The Labute approximate surface area is 139 Å². The van der Waals surface area contributed by atoms with Gasteiger partial charge in [-0.2, -0.15) is 0 Å². The molecule has 6 heteroatoms. The van der Waals surface area contributed by atoms with Crippen LogP contribution in [0.2, 0.25) is 0 Å². The standard InChI is InChI=1S/C18H18F2N2O2/c1-3-13-6-4-5-7-17(13)21-18(24)11-22(12(2)23)14-8-9-15(19)16(20)10-14/h4-10H,3,11H2,1-2H3,(H,21,24). The number of nitrogens with zero attached hydrogens (tertiary/aromatic N) is 1. The van der Waals surface area contributed by atoms with Gasteiger partial charge in [-0.25, -0.2) is 8.78 Å². The van der Waals surface area contributed by atoms with Crippen LogP contribution in [0, 0.1) is 11.6 Å². The molecule has 0 aliphatic carbocycles. The molecular weight excluding hydrogens is 314 g/mol. The van der Waals surface area contributed by atoms with Gasteiger partial charge in [0.1, 0.15) is 6.54 Å². The molecule has 2 aromatic rings. The Balaban J connectivity index is 2.17. The molecule has 0 saturated carbocycles. The van der Waals surface area contributed by atoms with Crippen molar-refractivity contribution < 1.29 is 18.4 Å². The van der Waals surface area contributed by atoms with Crippen molar-refractivity contribution in [3.63, 3.8) is 0 Å². The maximum Gasteiger partial charge on any atom is 0.244 e. The number of hydrogen-bond acceptors (Lipinski definition) is 2. The zero-order chi connectivity index (χ0) is 17.7. The maximum absolute atomic E-state index is 13.4. The van der Waals surface area contributed by atoms with Crippen molar-refractivity contribution in [3.8, 4) is 0 Å². The smallest absolute Gasteiger partial charge is 0.244 e. The van der Waals surface area contributed by atoms with Gasteiger partial charge in [0.2, 0.25) is 11.8 Å². The highest BCUT2D eigenvalue weighted by atomic mass is 19.2. The zero-order valence-corrected chi connectivity index (χ0v) is 13.5. The number of nitrogens with one attached hydrogen (secondary N) is 1. The molecule has 0 aromatic heterocycles. The Bertz CT molecular complexity index is 762. The Morgan fingerprint density at radius 2 is 1.79 bits per heavy atom. The lowest BCUT2D eigenvalue weighted by Gasteiger charge is -2.21. The van der Waals surface area contributed by atoms with Gasteiger partial charge in [-0.3, -0.25) is 9.59 Å². The van der Waals surface area contributed by atoms with Crippen molar-refractivity contribution in [3.05, 3.63) is 59.7 Å². The van der Waals surface area contributed by atoms with E-state index in [0.29, 0.717) is 5.69 Å². The van der Waals surface area contributed by atoms with E-state index in [1.165, 1.54) is 13.0 Å². The second-order valence-electron chi connectivity index (χ2n) is 5.26. The molecule has 1 N–H and O–H groups in total. The van der Waals surface area contributed by atoms with Gasteiger partial charge in [-0.05, 0) is 30.2 Å². The minimum Gasteiger partial charge on any atom is -0.324 e. The van der Waals surface area contributed by atoms with Gasteiger partial charge in [0.15, 0.2) is 11.6 Å². The third-order valence-corrected chi connectivity index (χ3v) is 3.57. The molecule has 0 bridgehead atoms. The van der Waals surface area contributed by atoms with Gasteiger partial charge < -0.3 is 10.2 Å². The van der Waals surface area contributed by atoms with Crippen LogP contribution in [0.5, 0.6) is 0 Å². The number of anilines is 2. The lowest BCUT2D eigenvalue weighted by molar-refractivity contribution is -0.120. The molecule has 2 rings (SSSR count). The first-order valence-corrected chi connectivity index (χ1v) is 7.53. The van der Waals surface area contributed by atoms with Crippen molar-refractivity contribution in [1.29, 1.82) is 0 Å². The molecule has 0 heterocycles. The van der Waals surface area contributed by atoms with Crippen LogP contribution in [0.1, 0.15) is 19.4 Å². The van der Waals surface area contributed by atoms with Crippen LogP contribution >= 0.6 is 0 Å². The topological polar surface area (TPSA) is 49.4 Å². The van der Waals surface area contributed by atoms with E-state index in [1.54, 1.807) is 12.1 Å². The summed E-state index contributed by atoms with van der Waals surface area (Å²) in [5.41, 5.74) is 1.76. The molecule has 0 saturated heterocycles. The highest BCUT2D eigenvalue weighted by Gasteiger charge is 2.18. The molecule has 0 aliphatic rings. The molecule has 0 unspecified atom stereocenters. The Morgan fingerprint density at radius 1 is 1.08 bits per heavy atom. The van der Waals surface area contributed by atoms with Crippen LogP contribution in [0.4, 0.5) is 20.2 Å². The fourth-order valence-corrected chi connectivity index (χ4v) is 2.32. The summed E-state index contributed by atoms with van der Waals surface area (Å²) in [6.45, 7) is 2.93. The molecular formula is C18H18F2N2O2. The Hall–Kier alpha value is -2.76. The summed E-state index contributed by atoms with van der Waals surface area (Å²) < 4.78 is 26.4. The predicted octanol–water partition coefficient (Wildman–Crippen LogP) is 3.52. The SMILES string of the molecule is CCc1ccccc1NC(=O)CN(C(C)=O)c1ccc(F)c(F)c1. The van der Waals surface area contributed by atoms with Crippen molar-refractivity contribution in [2.45, 2.75) is 20.3 Å². The molecule has 0 spiro atoms. The summed E-state index contributed by atoms with van der Waals surface area (Å²) in [4.78, 5) is 25.1. The predicted molar refractivity (Wildman–Crippen MR) is 88.8 cm³/mol.